The van der Waals surface area contributed by atoms with Gasteiger partial charge in [-0.1, -0.05) is 18.5 Å². The lowest BCUT2D eigenvalue weighted by Crippen LogP contribution is -2.45. The van der Waals surface area contributed by atoms with Crippen molar-refractivity contribution in [3.8, 4) is 0 Å². The third kappa shape index (κ3) is 5.53. The molecule has 6 nitrogen and oxygen atoms in total. The van der Waals surface area contributed by atoms with E-state index in [9.17, 15) is 9.90 Å². The first-order valence-corrected chi connectivity index (χ1v) is 5.67. The van der Waals surface area contributed by atoms with Crippen molar-refractivity contribution in [1.29, 1.82) is 0 Å². The standard InChI is InChI=1S/C11H23N3O3/c1-5-6-8(9(12)13-17)10(15)14(4)7-11(2,3)16/h8,16-17H,5-7H2,1-4H3,(H2,12,13). The van der Waals surface area contributed by atoms with E-state index in [0.717, 1.165) is 6.42 Å². The molecule has 1 unspecified atom stereocenters. The Labute approximate surface area is 102 Å². The maximum atomic E-state index is 12.1. The highest BCUT2D eigenvalue weighted by Crippen LogP contribution is 2.12. The van der Waals surface area contributed by atoms with Crippen molar-refractivity contribution >= 4 is 11.7 Å². The van der Waals surface area contributed by atoms with Gasteiger partial charge >= 0.3 is 0 Å². The van der Waals surface area contributed by atoms with Crippen LogP contribution < -0.4 is 5.73 Å². The van der Waals surface area contributed by atoms with Crippen LogP contribution in [-0.4, -0.2) is 46.1 Å². The van der Waals surface area contributed by atoms with Gasteiger partial charge in [0.05, 0.1) is 11.5 Å². The molecule has 0 aromatic heterocycles. The van der Waals surface area contributed by atoms with Crippen LogP contribution in [0.4, 0.5) is 0 Å². The van der Waals surface area contributed by atoms with Crippen LogP contribution in [0.3, 0.4) is 0 Å². The number of amides is 1. The molecule has 17 heavy (non-hydrogen) atoms. The minimum atomic E-state index is -0.966. The van der Waals surface area contributed by atoms with Crippen molar-refractivity contribution < 1.29 is 15.1 Å². The first kappa shape index (κ1) is 15.7. The number of nitrogens with two attached hydrogens (primary N) is 1. The number of nitrogens with zero attached hydrogens (tertiary/aromatic N) is 2. The minimum Gasteiger partial charge on any atom is -0.409 e. The van der Waals surface area contributed by atoms with Gasteiger partial charge in [0, 0.05) is 13.6 Å². The van der Waals surface area contributed by atoms with Gasteiger partial charge in [-0.2, -0.15) is 0 Å². The predicted molar refractivity (Wildman–Crippen MR) is 65.7 cm³/mol. The van der Waals surface area contributed by atoms with Crippen molar-refractivity contribution in [2.75, 3.05) is 13.6 Å². The summed E-state index contributed by atoms with van der Waals surface area (Å²) in [5.41, 5.74) is 4.53. The van der Waals surface area contributed by atoms with Gasteiger partial charge in [0.1, 0.15) is 0 Å². The number of likely N-dealkylation sites (N-methyl/N-ethyl adjacent to an activating group) is 1. The van der Waals surface area contributed by atoms with Crippen LogP contribution in [-0.2, 0) is 4.79 Å². The van der Waals surface area contributed by atoms with E-state index in [4.69, 9.17) is 10.9 Å². The van der Waals surface area contributed by atoms with E-state index in [1.54, 1.807) is 20.9 Å². The van der Waals surface area contributed by atoms with Gasteiger partial charge in [-0.25, -0.2) is 0 Å². The molecule has 0 bridgehead atoms. The molecule has 0 heterocycles. The van der Waals surface area contributed by atoms with E-state index >= 15 is 0 Å². The fourth-order valence-corrected chi connectivity index (χ4v) is 1.68. The lowest BCUT2D eigenvalue weighted by Gasteiger charge is -2.28. The Balaban J connectivity index is 4.73. The summed E-state index contributed by atoms with van der Waals surface area (Å²) >= 11 is 0. The average molecular weight is 245 g/mol. The number of hydrogen-bond donors (Lipinski definition) is 3. The summed E-state index contributed by atoms with van der Waals surface area (Å²) in [7, 11) is 1.59. The molecule has 0 aliphatic heterocycles. The molecule has 0 spiro atoms. The number of carbonyl (C=O) groups is 1. The van der Waals surface area contributed by atoms with Crippen molar-refractivity contribution in [3.05, 3.63) is 0 Å². The zero-order chi connectivity index (χ0) is 13.6. The maximum absolute atomic E-state index is 12.1. The number of rotatable bonds is 6. The van der Waals surface area contributed by atoms with Gasteiger partial charge in [-0.05, 0) is 20.3 Å². The Morgan fingerprint density at radius 1 is 1.53 bits per heavy atom. The Hall–Kier alpha value is -1.30. The second kappa shape index (κ2) is 6.44. The third-order valence-corrected chi connectivity index (χ3v) is 2.35. The lowest BCUT2D eigenvalue weighted by molar-refractivity contribution is -0.135. The normalized spacial score (nSPS) is 14.5. The number of carbonyl (C=O) groups excluding carboxylic acids is 1. The molecule has 6 heteroatoms. The molecule has 0 aromatic carbocycles. The molecule has 0 saturated heterocycles. The molecule has 100 valence electrons. The monoisotopic (exact) mass is 245 g/mol. The zero-order valence-electron chi connectivity index (χ0n) is 11.0. The highest BCUT2D eigenvalue weighted by molar-refractivity contribution is 6.01. The Kier molecular flexibility index (Phi) is 5.95. The Morgan fingerprint density at radius 3 is 2.41 bits per heavy atom. The molecule has 1 amide bonds. The van der Waals surface area contributed by atoms with E-state index < -0.39 is 11.5 Å². The SMILES string of the molecule is CCCC(C(=O)N(C)CC(C)(C)O)C(N)=NO. The Morgan fingerprint density at radius 2 is 2.06 bits per heavy atom. The van der Waals surface area contributed by atoms with Crippen molar-refractivity contribution in [1.82, 2.24) is 4.90 Å². The fraction of sp³-hybridized carbons (Fsp3) is 0.818. The highest BCUT2D eigenvalue weighted by Gasteiger charge is 2.28. The smallest absolute Gasteiger partial charge is 0.233 e. The average Bonchev–Trinajstić information content (AvgIpc) is 2.21. The van der Waals surface area contributed by atoms with Crippen molar-refractivity contribution in [2.24, 2.45) is 16.8 Å². The summed E-state index contributed by atoms with van der Waals surface area (Å²) in [6.45, 7) is 5.36. The summed E-state index contributed by atoms with van der Waals surface area (Å²) < 4.78 is 0. The van der Waals surface area contributed by atoms with Gasteiger partial charge < -0.3 is 20.9 Å². The quantitative estimate of drug-likeness (QED) is 0.272. The molecule has 0 aliphatic rings. The van der Waals surface area contributed by atoms with Gasteiger partial charge in [0.25, 0.3) is 0 Å². The van der Waals surface area contributed by atoms with Crippen LogP contribution in [0.15, 0.2) is 5.16 Å². The molecule has 1 atom stereocenters. The highest BCUT2D eigenvalue weighted by atomic mass is 16.4. The van der Waals surface area contributed by atoms with Gasteiger partial charge in [0.2, 0.25) is 5.91 Å². The molecule has 4 N–H and O–H groups in total. The van der Waals surface area contributed by atoms with E-state index in [2.05, 4.69) is 5.16 Å². The van der Waals surface area contributed by atoms with Gasteiger partial charge in [-0.15, -0.1) is 0 Å². The molecule has 0 aliphatic carbocycles. The van der Waals surface area contributed by atoms with Crippen LogP contribution in [0.5, 0.6) is 0 Å². The van der Waals surface area contributed by atoms with E-state index in [1.807, 2.05) is 6.92 Å². The Bertz CT molecular complexity index is 284. The first-order chi connectivity index (χ1) is 7.72. The van der Waals surface area contributed by atoms with Crippen LogP contribution in [0.2, 0.25) is 0 Å². The zero-order valence-corrected chi connectivity index (χ0v) is 11.0. The summed E-state index contributed by atoms with van der Waals surface area (Å²) in [5, 5.41) is 21.2. The van der Waals surface area contributed by atoms with Gasteiger partial charge in [0.15, 0.2) is 5.84 Å². The molecule has 0 rings (SSSR count). The molecular weight excluding hydrogens is 222 g/mol. The van der Waals surface area contributed by atoms with E-state index in [-0.39, 0.29) is 18.3 Å². The number of hydrogen-bond acceptors (Lipinski definition) is 4. The van der Waals surface area contributed by atoms with Crippen molar-refractivity contribution in [3.63, 3.8) is 0 Å². The number of amidine groups is 1. The molecule has 0 aromatic rings. The molecule has 0 fully saturated rings. The second-order valence-electron chi connectivity index (χ2n) is 4.87. The van der Waals surface area contributed by atoms with Gasteiger partial charge in [-0.3, -0.25) is 4.79 Å². The van der Waals surface area contributed by atoms with Crippen LogP contribution >= 0.6 is 0 Å². The second-order valence-corrected chi connectivity index (χ2v) is 4.87. The number of oxime groups is 1. The summed E-state index contributed by atoms with van der Waals surface area (Å²) in [5.74, 6) is -0.957. The summed E-state index contributed by atoms with van der Waals surface area (Å²) in [6.07, 6.45) is 1.27. The summed E-state index contributed by atoms with van der Waals surface area (Å²) in [6, 6.07) is 0. The number of aliphatic hydroxyl groups is 1. The van der Waals surface area contributed by atoms with Crippen molar-refractivity contribution in [2.45, 2.75) is 39.2 Å². The topological polar surface area (TPSA) is 99.2 Å². The first-order valence-electron chi connectivity index (χ1n) is 5.67. The van der Waals surface area contributed by atoms with E-state index in [0.29, 0.717) is 6.42 Å². The van der Waals surface area contributed by atoms with Crippen LogP contribution in [0.25, 0.3) is 0 Å². The maximum Gasteiger partial charge on any atom is 0.233 e. The fourth-order valence-electron chi connectivity index (χ4n) is 1.68. The molecule has 0 radical (unpaired) electrons. The third-order valence-electron chi connectivity index (χ3n) is 2.35. The minimum absolute atomic E-state index is 0.0838. The lowest BCUT2D eigenvalue weighted by atomic mass is 10.00. The predicted octanol–water partition coefficient (Wildman–Crippen LogP) is 0.378. The van der Waals surface area contributed by atoms with Crippen LogP contribution in [0.1, 0.15) is 33.6 Å². The largest absolute Gasteiger partial charge is 0.409 e. The van der Waals surface area contributed by atoms with E-state index in [1.165, 1.54) is 4.90 Å². The summed E-state index contributed by atoms with van der Waals surface area (Å²) in [4.78, 5) is 13.5. The molecular formula is C11H23N3O3. The van der Waals surface area contributed by atoms with Crippen LogP contribution in [0, 0.1) is 5.92 Å². The molecule has 0 saturated carbocycles.